The van der Waals surface area contributed by atoms with Crippen LogP contribution in [-0.4, -0.2) is 47.0 Å². The molecule has 1 aliphatic rings. The second-order valence-corrected chi connectivity index (χ2v) is 4.46. The molecule has 1 amide bonds. The molecule has 0 saturated carbocycles. The molecule has 6 nitrogen and oxygen atoms in total. The molecule has 6 heteroatoms. The van der Waals surface area contributed by atoms with E-state index in [4.69, 9.17) is 9.84 Å². The number of ether oxygens (including phenoxy) is 1. The maximum Gasteiger partial charge on any atom is 0.331 e. The zero-order chi connectivity index (χ0) is 14.6. The van der Waals surface area contributed by atoms with E-state index in [9.17, 15) is 14.4 Å². The first-order valence-electron chi connectivity index (χ1n) is 6.28. The third kappa shape index (κ3) is 3.33. The number of hydrogen-bond acceptors (Lipinski definition) is 4. The van der Waals surface area contributed by atoms with E-state index in [1.165, 1.54) is 18.7 Å². The predicted octanol–water partition coefficient (Wildman–Crippen LogP) is 0.962. The SMILES string of the molecule is CCOC(=O)C1CCCN1C(=O)/C(C)=C(/C)C(=O)O. The maximum atomic E-state index is 12.2. The molecule has 0 radical (unpaired) electrons. The Balaban J connectivity index is 2.90. The minimum absolute atomic E-state index is 0.000455. The van der Waals surface area contributed by atoms with Gasteiger partial charge in [0.2, 0.25) is 0 Å². The summed E-state index contributed by atoms with van der Waals surface area (Å²) >= 11 is 0. The Morgan fingerprint density at radius 1 is 1.26 bits per heavy atom. The van der Waals surface area contributed by atoms with Crippen molar-refractivity contribution < 1.29 is 24.2 Å². The Kier molecular flexibility index (Phi) is 5.09. The molecule has 1 N–H and O–H groups in total. The quantitative estimate of drug-likeness (QED) is 0.607. The Morgan fingerprint density at radius 3 is 2.42 bits per heavy atom. The van der Waals surface area contributed by atoms with Crippen molar-refractivity contribution >= 4 is 17.8 Å². The van der Waals surface area contributed by atoms with Crippen molar-refractivity contribution in [3.63, 3.8) is 0 Å². The van der Waals surface area contributed by atoms with Crippen LogP contribution in [-0.2, 0) is 19.1 Å². The lowest BCUT2D eigenvalue weighted by Crippen LogP contribution is -2.42. The van der Waals surface area contributed by atoms with Gasteiger partial charge in [-0.15, -0.1) is 0 Å². The summed E-state index contributed by atoms with van der Waals surface area (Å²) in [6.07, 6.45) is 1.28. The van der Waals surface area contributed by atoms with E-state index in [1.807, 2.05) is 0 Å². The van der Waals surface area contributed by atoms with E-state index in [0.29, 0.717) is 19.4 Å². The van der Waals surface area contributed by atoms with Crippen molar-refractivity contribution in [3.8, 4) is 0 Å². The number of carboxylic acid groups (broad SMARTS) is 1. The van der Waals surface area contributed by atoms with E-state index < -0.39 is 23.9 Å². The average molecular weight is 269 g/mol. The molecule has 0 aliphatic carbocycles. The van der Waals surface area contributed by atoms with Crippen molar-refractivity contribution in [2.45, 2.75) is 39.7 Å². The van der Waals surface area contributed by atoms with E-state index >= 15 is 0 Å². The molecule has 0 bridgehead atoms. The number of carbonyl (C=O) groups excluding carboxylic acids is 2. The van der Waals surface area contributed by atoms with E-state index in [-0.39, 0.29) is 17.8 Å². The summed E-state index contributed by atoms with van der Waals surface area (Å²) in [4.78, 5) is 36.2. The van der Waals surface area contributed by atoms with Crippen LogP contribution in [0.5, 0.6) is 0 Å². The van der Waals surface area contributed by atoms with Crippen molar-refractivity contribution in [2.75, 3.05) is 13.2 Å². The highest BCUT2D eigenvalue weighted by molar-refractivity contribution is 6.02. The number of aliphatic carboxylic acids is 1. The van der Waals surface area contributed by atoms with Crippen LogP contribution in [0.1, 0.15) is 33.6 Å². The van der Waals surface area contributed by atoms with Crippen molar-refractivity contribution in [1.82, 2.24) is 4.90 Å². The summed E-state index contributed by atoms with van der Waals surface area (Å²) in [5.74, 6) is -1.96. The lowest BCUT2D eigenvalue weighted by atomic mass is 10.1. The first kappa shape index (κ1) is 15.2. The second-order valence-electron chi connectivity index (χ2n) is 4.46. The van der Waals surface area contributed by atoms with Gasteiger partial charge in [-0.2, -0.15) is 0 Å². The third-order valence-corrected chi connectivity index (χ3v) is 3.28. The van der Waals surface area contributed by atoms with Gasteiger partial charge in [-0.25, -0.2) is 9.59 Å². The molecule has 0 aromatic rings. The van der Waals surface area contributed by atoms with E-state index in [0.717, 1.165) is 0 Å². The zero-order valence-corrected chi connectivity index (χ0v) is 11.4. The highest BCUT2D eigenvalue weighted by Crippen LogP contribution is 2.21. The molecule has 0 aromatic carbocycles. The number of nitrogens with zero attached hydrogens (tertiary/aromatic N) is 1. The van der Waals surface area contributed by atoms with Crippen LogP contribution in [0, 0.1) is 0 Å². The molecule has 0 aromatic heterocycles. The summed E-state index contributed by atoms with van der Waals surface area (Å²) in [5, 5.41) is 8.88. The van der Waals surface area contributed by atoms with Crippen LogP contribution in [0.15, 0.2) is 11.1 Å². The fourth-order valence-corrected chi connectivity index (χ4v) is 2.03. The summed E-state index contributed by atoms with van der Waals surface area (Å²) < 4.78 is 4.93. The summed E-state index contributed by atoms with van der Waals surface area (Å²) in [5.41, 5.74) is 0.156. The molecule has 0 spiro atoms. The Labute approximate surface area is 112 Å². The van der Waals surface area contributed by atoms with Crippen LogP contribution < -0.4 is 0 Å². The van der Waals surface area contributed by atoms with Gasteiger partial charge in [-0.3, -0.25) is 4.79 Å². The molecule has 1 heterocycles. The van der Waals surface area contributed by atoms with Crippen molar-refractivity contribution in [1.29, 1.82) is 0 Å². The van der Waals surface area contributed by atoms with Gasteiger partial charge in [0, 0.05) is 17.7 Å². The van der Waals surface area contributed by atoms with Gasteiger partial charge >= 0.3 is 11.9 Å². The molecule has 1 fully saturated rings. The Hall–Kier alpha value is -1.85. The van der Waals surface area contributed by atoms with Crippen LogP contribution in [0.4, 0.5) is 0 Å². The Bertz CT molecular complexity index is 427. The van der Waals surface area contributed by atoms with Gasteiger partial charge < -0.3 is 14.7 Å². The van der Waals surface area contributed by atoms with Gasteiger partial charge in [-0.05, 0) is 33.6 Å². The second kappa shape index (κ2) is 6.36. The lowest BCUT2D eigenvalue weighted by Gasteiger charge is -2.23. The number of amides is 1. The van der Waals surface area contributed by atoms with Gasteiger partial charge in [0.05, 0.1) is 6.61 Å². The van der Waals surface area contributed by atoms with Gasteiger partial charge in [0.25, 0.3) is 5.91 Å². The molecular weight excluding hydrogens is 250 g/mol. The minimum atomic E-state index is -1.13. The van der Waals surface area contributed by atoms with Gasteiger partial charge in [0.15, 0.2) is 0 Å². The molecule has 1 atom stereocenters. The van der Waals surface area contributed by atoms with E-state index in [2.05, 4.69) is 0 Å². The molecule has 19 heavy (non-hydrogen) atoms. The van der Waals surface area contributed by atoms with Crippen LogP contribution >= 0.6 is 0 Å². The van der Waals surface area contributed by atoms with Crippen molar-refractivity contribution in [3.05, 3.63) is 11.1 Å². The monoisotopic (exact) mass is 269 g/mol. The topological polar surface area (TPSA) is 83.9 Å². The number of carboxylic acids is 1. The number of hydrogen-bond donors (Lipinski definition) is 1. The third-order valence-electron chi connectivity index (χ3n) is 3.28. The number of esters is 1. The first-order chi connectivity index (χ1) is 8.90. The lowest BCUT2D eigenvalue weighted by molar-refractivity contribution is -0.152. The molecule has 106 valence electrons. The fourth-order valence-electron chi connectivity index (χ4n) is 2.03. The first-order valence-corrected chi connectivity index (χ1v) is 6.28. The largest absolute Gasteiger partial charge is 0.478 e. The summed E-state index contributed by atoms with van der Waals surface area (Å²) in [7, 11) is 0. The predicted molar refractivity (Wildman–Crippen MR) is 67.4 cm³/mol. The summed E-state index contributed by atoms with van der Waals surface area (Å²) in [6.45, 7) is 5.27. The Morgan fingerprint density at radius 2 is 1.89 bits per heavy atom. The van der Waals surface area contributed by atoms with E-state index in [1.54, 1.807) is 6.92 Å². The molecule has 1 saturated heterocycles. The standard InChI is InChI=1S/C13H19NO5/c1-4-19-13(18)10-6-5-7-14(10)11(15)8(2)9(3)12(16)17/h10H,4-7H2,1-3H3,(H,16,17)/b9-8-. The van der Waals surface area contributed by atoms with Crippen LogP contribution in [0.25, 0.3) is 0 Å². The number of rotatable bonds is 4. The molecular formula is C13H19NO5. The normalized spacial score (nSPS) is 19.9. The average Bonchev–Trinajstić information content (AvgIpc) is 2.85. The highest BCUT2D eigenvalue weighted by Gasteiger charge is 2.36. The van der Waals surface area contributed by atoms with Gasteiger partial charge in [0.1, 0.15) is 6.04 Å². The smallest absolute Gasteiger partial charge is 0.331 e. The fraction of sp³-hybridized carbons (Fsp3) is 0.615. The molecule has 1 rings (SSSR count). The minimum Gasteiger partial charge on any atom is -0.478 e. The summed E-state index contributed by atoms with van der Waals surface area (Å²) in [6, 6.07) is -0.594. The van der Waals surface area contributed by atoms with Gasteiger partial charge in [-0.1, -0.05) is 0 Å². The highest BCUT2D eigenvalue weighted by atomic mass is 16.5. The van der Waals surface area contributed by atoms with Crippen LogP contribution in [0.3, 0.4) is 0 Å². The maximum absolute atomic E-state index is 12.2. The van der Waals surface area contributed by atoms with Crippen LogP contribution in [0.2, 0.25) is 0 Å². The number of carbonyl (C=O) groups is 3. The number of likely N-dealkylation sites (tertiary alicyclic amines) is 1. The molecule has 1 unspecified atom stereocenters. The zero-order valence-electron chi connectivity index (χ0n) is 11.4. The van der Waals surface area contributed by atoms with Crippen molar-refractivity contribution in [2.24, 2.45) is 0 Å². The molecule has 1 aliphatic heterocycles.